The number of hydrogen-bond acceptors (Lipinski definition) is 2. The maximum atomic E-state index is 11.7. The fourth-order valence-electron chi connectivity index (χ4n) is 2.98. The molecule has 27 heavy (non-hydrogen) atoms. The zero-order valence-electron chi connectivity index (χ0n) is 15.3. The molecule has 0 aliphatic carbocycles. The van der Waals surface area contributed by atoms with Crippen molar-refractivity contribution in [2.45, 2.75) is 19.8 Å². The summed E-state index contributed by atoms with van der Waals surface area (Å²) in [6.07, 6.45) is 1.71. The van der Waals surface area contributed by atoms with Crippen LogP contribution in [0.15, 0.2) is 85.1 Å². The Kier molecular flexibility index (Phi) is 5.72. The highest BCUT2D eigenvalue weighted by Crippen LogP contribution is 2.31. The van der Waals surface area contributed by atoms with E-state index in [1.165, 1.54) is 0 Å². The minimum absolute atomic E-state index is 0.246. The molecule has 0 bridgehead atoms. The zero-order valence-corrected chi connectivity index (χ0v) is 15.3. The van der Waals surface area contributed by atoms with Gasteiger partial charge in [-0.2, -0.15) is 0 Å². The summed E-state index contributed by atoms with van der Waals surface area (Å²) in [6, 6.07) is 23.0. The Labute approximate surface area is 159 Å². The van der Waals surface area contributed by atoms with Crippen LogP contribution in [0.25, 0.3) is 22.3 Å². The van der Waals surface area contributed by atoms with E-state index in [9.17, 15) is 9.90 Å². The maximum Gasteiger partial charge on any atom is 0.336 e. The van der Waals surface area contributed by atoms with Crippen LogP contribution in [-0.4, -0.2) is 11.1 Å². The molecule has 0 saturated heterocycles. The Bertz CT molecular complexity index is 941. The predicted molar refractivity (Wildman–Crippen MR) is 109 cm³/mol. The SMILES string of the molecule is C=C(CCC)Oc1ccc(C(=O)O)c(-c2ccc(-c3ccccc3)cc2)c1. The van der Waals surface area contributed by atoms with Gasteiger partial charge in [-0.3, -0.25) is 0 Å². The molecule has 0 unspecified atom stereocenters. The van der Waals surface area contributed by atoms with Crippen LogP contribution >= 0.6 is 0 Å². The van der Waals surface area contributed by atoms with Gasteiger partial charge in [0.15, 0.2) is 0 Å². The Morgan fingerprint density at radius 1 is 0.926 bits per heavy atom. The number of carboxylic acids is 1. The van der Waals surface area contributed by atoms with Crippen LogP contribution in [0.4, 0.5) is 0 Å². The summed E-state index contributed by atoms with van der Waals surface area (Å²) in [7, 11) is 0. The van der Waals surface area contributed by atoms with Gasteiger partial charge in [-0.1, -0.05) is 68.1 Å². The minimum Gasteiger partial charge on any atom is -0.478 e. The number of carboxylic acid groups (broad SMARTS) is 1. The molecule has 0 spiro atoms. The topological polar surface area (TPSA) is 46.5 Å². The van der Waals surface area contributed by atoms with Gasteiger partial charge in [-0.15, -0.1) is 0 Å². The summed E-state index contributed by atoms with van der Waals surface area (Å²) < 4.78 is 5.76. The molecule has 0 aliphatic heterocycles. The minimum atomic E-state index is -0.962. The standard InChI is InChI=1S/C24H22O3/c1-3-7-17(2)27-21-14-15-22(24(25)26)23(16-21)20-12-10-19(11-13-20)18-8-5-4-6-9-18/h4-6,8-16H,2-3,7H2,1H3,(H,25,26). The van der Waals surface area contributed by atoms with Crippen molar-refractivity contribution in [3.63, 3.8) is 0 Å². The van der Waals surface area contributed by atoms with E-state index in [-0.39, 0.29) is 5.56 Å². The number of aromatic carboxylic acids is 1. The number of rotatable bonds is 7. The van der Waals surface area contributed by atoms with Crippen molar-refractivity contribution in [1.82, 2.24) is 0 Å². The lowest BCUT2D eigenvalue weighted by atomic mass is 9.96. The Morgan fingerprint density at radius 2 is 1.56 bits per heavy atom. The quantitative estimate of drug-likeness (QED) is 0.496. The van der Waals surface area contributed by atoms with Crippen LogP contribution in [0, 0.1) is 0 Å². The van der Waals surface area contributed by atoms with E-state index in [1.807, 2.05) is 54.6 Å². The van der Waals surface area contributed by atoms with Crippen molar-refractivity contribution < 1.29 is 14.6 Å². The van der Waals surface area contributed by atoms with Crippen molar-refractivity contribution in [3.05, 3.63) is 90.7 Å². The van der Waals surface area contributed by atoms with Crippen LogP contribution < -0.4 is 4.74 Å². The summed E-state index contributed by atoms with van der Waals surface area (Å²) >= 11 is 0. The van der Waals surface area contributed by atoms with Crippen molar-refractivity contribution in [1.29, 1.82) is 0 Å². The Hall–Kier alpha value is -3.33. The largest absolute Gasteiger partial charge is 0.478 e. The third-order valence-corrected chi connectivity index (χ3v) is 4.32. The second-order valence-corrected chi connectivity index (χ2v) is 6.35. The first-order chi connectivity index (χ1) is 13.1. The van der Waals surface area contributed by atoms with E-state index in [1.54, 1.807) is 18.2 Å². The highest BCUT2D eigenvalue weighted by Gasteiger charge is 2.14. The van der Waals surface area contributed by atoms with Crippen molar-refractivity contribution >= 4 is 5.97 Å². The van der Waals surface area contributed by atoms with Gasteiger partial charge in [0.1, 0.15) is 5.75 Å². The lowest BCUT2D eigenvalue weighted by molar-refractivity contribution is 0.0697. The molecule has 0 saturated carbocycles. The van der Waals surface area contributed by atoms with E-state index < -0.39 is 5.97 Å². The highest BCUT2D eigenvalue weighted by atomic mass is 16.5. The Balaban J connectivity index is 1.96. The van der Waals surface area contributed by atoms with Crippen LogP contribution in [0.5, 0.6) is 5.75 Å². The second-order valence-electron chi connectivity index (χ2n) is 6.35. The van der Waals surface area contributed by atoms with Crippen LogP contribution in [0.1, 0.15) is 30.1 Å². The van der Waals surface area contributed by atoms with Crippen molar-refractivity contribution in [3.8, 4) is 28.0 Å². The Morgan fingerprint density at radius 3 is 2.19 bits per heavy atom. The molecule has 136 valence electrons. The smallest absolute Gasteiger partial charge is 0.336 e. The molecular formula is C24H22O3. The van der Waals surface area contributed by atoms with Gasteiger partial charge >= 0.3 is 5.97 Å². The second kappa shape index (κ2) is 8.37. The van der Waals surface area contributed by atoms with Crippen LogP contribution in [0.2, 0.25) is 0 Å². The van der Waals surface area contributed by atoms with E-state index in [0.717, 1.165) is 29.5 Å². The van der Waals surface area contributed by atoms with Gasteiger partial charge in [-0.25, -0.2) is 4.79 Å². The van der Waals surface area contributed by atoms with E-state index in [0.29, 0.717) is 17.1 Å². The number of carbonyl (C=O) groups is 1. The predicted octanol–water partition coefficient (Wildman–Crippen LogP) is 6.41. The first-order valence-corrected chi connectivity index (χ1v) is 8.97. The summed E-state index contributed by atoms with van der Waals surface area (Å²) in [5, 5.41) is 9.56. The molecule has 3 aromatic rings. The molecule has 1 N–H and O–H groups in total. The van der Waals surface area contributed by atoms with Crippen LogP contribution in [0.3, 0.4) is 0 Å². The average molecular weight is 358 g/mol. The molecule has 3 heteroatoms. The summed E-state index contributed by atoms with van der Waals surface area (Å²) in [5.41, 5.74) is 3.91. The summed E-state index contributed by atoms with van der Waals surface area (Å²) in [4.78, 5) is 11.7. The molecule has 0 fully saturated rings. The molecule has 0 atom stereocenters. The molecule has 3 aromatic carbocycles. The molecule has 0 aromatic heterocycles. The first-order valence-electron chi connectivity index (χ1n) is 8.97. The lowest BCUT2D eigenvalue weighted by Gasteiger charge is -2.12. The van der Waals surface area contributed by atoms with Gasteiger partial charge in [0.05, 0.1) is 11.3 Å². The van der Waals surface area contributed by atoms with Gasteiger partial charge < -0.3 is 9.84 Å². The fourth-order valence-corrected chi connectivity index (χ4v) is 2.98. The zero-order chi connectivity index (χ0) is 19.2. The molecule has 0 radical (unpaired) electrons. The monoisotopic (exact) mass is 358 g/mol. The average Bonchev–Trinajstić information content (AvgIpc) is 2.69. The first kappa shape index (κ1) is 18.5. The summed E-state index contributed by atoms with van der Waals surface area (Å²) in [6.45, 7) is 5.96. The normalized spacial score (nSPS) is 10.4. The fraction of sp³-hybridized carbons (Fsp3) is 0.125. The van der Waals surface area contributed by atoms with Crippen LogP contribution in [-0.2, 0) is 0 Å². The molecule has 0 amide bonds. The molecule has 0 heterocycles. The van der Waals surface area contributed by atoms with Crippen molar-refractivity contribution in [2.75, 3.05) is 0 Å². The lowest BCUT2D eigenvalue weighted by Crippen LogP contribution is -2.01. The van der Waals surface area contributed by atoms with E-state index in [4.69, 9.17) is 4.74 Å². The maximum absolute atomic E-state index is 11.7. The third kappa shape index (κ3) is 4.45. The number of ether oxygens (including phenoxy) is 1. The molecular weight excluding hydrogens is 336 g/mol. The van der Waals surface area contributed by atoms with Gasteiger partial charge in [-0.05, 0) is 46.9 Å². The van der Waals surface area contributed by atoms with Gasteiger partial charge in [0, 0.05) is 6.42 Å². The summed E-state index contributed by atoms with van der Waals surface area (Å²) in [5.74, 6) is 0.308. The number of hydrogen-bond donors (Lipinski definition) is 1. The molecule has 3 rings (SSSR count). The van der Waals surface area contributed by atoms with E-state index >= 15 is 0 Å². The highest BCUT2D eigenvalue weighted by molar-refractivity contribution is 5.96. The molecule has 3 nitrogen and oxygen atoms in total. The van der Waals surface area contributed by atoms with Gasteiger partial charge in [0.25, 0.3) is 0 Å². The number of benzene rings is 3. The van der Waals surface area contributed by atoms with Crippen molar-refractivity contribution in [2.24, 2.45) is 0 Å². The number of allylic oxidation sites excluding steroid dienone is 1. The van der Waals surface area contributed by atoms with Gasteiger partial charge in [0.2, 0.25) is 0 Å². The molecule has 0 aliphatic rings. The third-order valence-electron chi connectivity index (χ3n) is 4.32. The van der Waals surface area contributed by atoms with E-state index in [2.05, 4.69) is 13.5 Å².